The van der Waals surface area contributed by atoms with E-state index in [0.29, 0.717) is 30.8 Å². The minimum Gasteiger partial charge on any atom is -0.460 e. The van der Waals surface area contributed by atoms with E-state index < -0.39 is 36.3 Å². The number of carbonyl (C=O) groups excluding carboxylic acids is 2. The molecule has 1 saturated heterocycles. The molecule has 5 aromatic carbocycles. The Bertz CT molecular complexity index is 1700. The molecule has 0 spiro atoms. The smallest absolute Gasteiger partial charge is 0.338 e. The molecule has 244 valence electrons. The van der Waals surface area contributed by atoms with Gasteiger partial charge in [-0.15, -0.1) is 0 Å². The lowest BCUT2D eigenvalue weighted by Crippen LogP contribution is -2.64. The summed E-state index contributed by atoms with van der Waals surface area (Å²) in [5.74, 6) is -0.860. The molecule has 4 unspecified atom stereocenters. The van der Waals surface area contributed by atoms with E-state index in [4.69, 9.17) is 18.9 Å². The molecule has 0 radical (unpaired) electrons. The van der Waals surface area contributed by atoms with Gasteiger partial charge < -0.3 is 18.9 Å². The SMILES string of the molecule is O=C(OCC1C(OCc2ccccc2)C(OCc2ccccc2)C(OC(=O)c2ccccc2)CN1Cc1ccccc1)c1ccccc1. The lowest BCUT2D eigenvalue weighted by atomic mass is 9.92. The van der Waals surface area contributed by atoms with Gasteiger partial charge in [-0.3, -0.25) is 4.90 Å². The summed E-state index contributed by atoms with van der Waals surface area (Å²) in [5, 5.41) is 0. The second-order valence-electron chi connectivity index (χ2n) is 11.8. The molecule has 4 atom stereocenters. The summed E-state index contributed by atoms with van der Waals surface area (Å²) in [7, 11) is 0. The summed E-state index contributed by atoms with van der Waals surface area (Å²) in [4.78, 5) is 28.9. The van der Waals surface area contributed by atoms with Crippen molar-refractivity contribution in [2.45, 2.75) is 44.1 Å². The standard InChI is InChI=1S/C41H39NO6/c43-40(34-22-12-4-13-23-34)47-30-36-38(45-28-32-18-8-2-9-19-32)39(46-29-33-20-10-3-11-21-33)37(48-41(44)35-24-14-5-15-25-35)27-42(36)26-31-16-6-1-7-17-31/h1-25,36-39H,26-30H2. The fourth-order valence-electron chi connectivity index (χ4n) is 5.95. The van der Waals surface area contributed by atoms with Crippen LogP contribution in [0.15, 0.2) is 152 Å². The van der Waals surface area contributed by atoms with Crippen molar-refractivity contribution in [3.63, 3.8) is 0 Å². The number of piperidine rings is 1. The van der Waals surface area contributed by atoms with Crippen LogP contribution in [0.1, 0.15) is 37.4 Å². The van der Waals surface area contributed by atoms with Crippen LogP contribution >= 0.6 is 0 Å². The van der Waals surface area contributed by atoms with Gasteiger partial charge in [0.05, 0.1) is 30.4 Å². The van der Waals surface area contributed by atoms with Crippen LogP contribution < -0.4 is 0 Å². The number of esters is 2. The summed E-state index contributed by atoms with van der Waals surface area (Å²) in [5.41, 5.74) is 3.95. The van der Waals surface area contributed by atoms with Crippen LogP contribution in [0, 0.1) is 0 Å². The van der Waals surface area contributed by atoms with Gasteiger partial charge in [-0.1, -0.05) is 127 Å². The quantitative estimate of drug-likeness (QED) is 0.127. The van der Waals surface area contributed by atoms with E-state index in [1.807, 2.05) is 115 Å². The van der Waals surface area contributed by atoms with Gasteiger partial charge in [0.1, 0.15) is 24.9 Å². The Labute approximate surface area is 281 Å². The minimum atomic E-state index is -0.688. The largest absolute Gasteiger partial charge is 0.460 e. The number of likely N-dealkylation sites (tertiary alicyclic amines) is 1. The molecule has 0 amide bonds. The normalized spacial score (nSPS) is 19.3. The molecule has 1 heterocycles. The number of hydrogen-bond donors (Lipinski definition) is 0. The fraction of sp³-hybridized carbons (Fsp3) is 0.220. The molecule has 1 aliphatic rings. The monoisotopic (exact) mass is 641 g/mol. The Balaban J connectivity index is 1.35. The molecule has 0 N–H and O–H groups in total. The van der Waals surface area contributed by atoms with E-state index in [1.54, 1.807) is 24.3 Å². The van der Waals surface area contributed by atoms with Gasteiger partial charge in [0.25, 0.3) is 0 Å². The molecule has 5 aromatic rings. The maximum atomic E-state index is 13.5. The topological polar surface area (TPSA) is 74.3 Å². The van der Waals surface area contributed by atoms with Crippen molar-refractivity contribution in [2.24, 2.45) is 0 Å². The van der Waals surface area contributed by atoms with Crippen LogP contribution in [-0.4, -0.2) is 54.3 Å². The predicted molar refractivity (Wildman–Crippen MR) is 183 cm³/mol. The maximum Gasteiger partial charge on any atom is 0.338 e. The van der Waals surface area contributed by atoms with Crippen molar-refractivity contribution in [2.75, 3.05) is 13.2 Å². The molecule has 7 heteroatoms. The number of nitrogens with zero attached hydrogens (tertiary/aromatic N) is 1. The third-order valence-corrected chi connectivity index (χ3v) is 8.41. The zero-order valence-corrected chi connectivity index (χ0v) is 26.7. The third kappa shape index (κ3) is 8.83. The van der Waals surface area contributed by atoms with Gasteiger partial charge in [0.2, 0.25) is 0 Å². The van der Waals surface area contributed by atoms with Crippen LogP contribution in [0.4, 0.5) is 0 Å². The third-order valence-electron chi connectivity index (χ3n) is 8.41. The van der Waals surface area contributed by atoms with Crippen LogP contribution in [-0.2, 0) is 38.7 Å². The van der Waals surface area contributed by atoms with Crippen LogP contribution in [0.2, 0.25) is 0 Å². The molecule has 0 saturated carbocycles. The van der Waals surface area contributed by atoms with E-state index in [2.05, 4.69) is 17.0 Å². The fourth-order valence-corrected chi connectivity index (χ4v) is 5.95. The highest BCUT2D eigenvalue weighted by atomic mass is 16.6. The Morgan fingerprint density at radius 1 is 0.542 bits per heavy atom. The van der Waals surface area contributed by atoms with E-state index in [9.17, 15) is 9.59 Å². The molecule has 0 aliphatic carbocycles. The van der Waals surface area contributed by atoms with Gasteiger partial charge in [-0.2, -0.15) is 0 Å². The Morgan fingerprint density at radius 2 is 0.979 bits per heavy atom. The van der Waals surface area contributed by atoms with Crippen molar-refractivity contribution in [3.8, 4) is 0 Å². The van der Waals surface area contributed by atoms with Gasteiger partial charge in [-0.25, -0.2) is 9.59 Å². The highest BCUT2D eigenvalue weighted by Gasteiger charge is 2.47. The molecule has 6 rings (SSSR count). The van der Waals surface area contributed by atoms with Crippen LogP contribution in [0.5, 0.6) is 0 Å². The molecular weight excluding hydrogens is 602 g/mol. The summed E-state index contributed by atoms with van der Waals surface area (Å²) >= 11 is 0. The predicted octanol–water partition coefficient (Wildman–Crippen LogP) is 7.12. The first-order chi connectivity index (χ1) is 23.6. The average molecular weight is 642 g/mol. The summed E-state index contributed by atoms with van der Waals surface area (Å²) < 4.78 is 25.7. The second-order valence-corrected chi connectivity index (χ2v) is 11.8. The van der Waals surface area contributed by atoms with Gasteiger partial charge in [0, 0.05) is 13.1 Å². The van der Waals surface area contributed by atoms with E-state index >= 15 is 0 Å². The Kier molecular flexibility index (Phi) is 11.4. The number of hydrogen-bond acceptors (Lipinski definition) is 7. The lowest BCUT2D eigenvalue weighted by Gasteiger charge is -2.48. The van der Waals surface area contributed by atoms with E-state index in [0.717, 1.165) is 16.7 Å². The van der Waals surface area contributed by atoms with Crippen molar-refractivity contribution in [3.05, 3.63) is 179 Å². The zero-order valence-electron chi connectivity index (χ0n) is 26.7. The first kappa shape index (κ1) is 32.8. The number of ether oxygens (including phenoxy) is 4. The Hall–Kier alpha value is -5.08. The first-order valence-electron chi connectivity index (χ1n) is 16.2. The van der Waals surface area contributed by atoms with E-state index in [1.165, 1.54) is 0 Å². The molecule has 0 bridgehead atoms. The van der Waals surface area contributed by atoms with Crippen molar-refractivity contribution >= 4 is 11.9 Å². The van der Waals surface area contributed by atoms with Gasteiger partial charge in [-0.05, 0) is 41.0 Å². The molecule has 1 aliphatic heterocycles. The highest BCUT2D eigenvalue weighted by Crippen LogP contribution is 2.30. The zero-order chi connectivity index (χ0) is 33.0. The number of benzene rings is 5. The highest BCUT2D eigenvalue weighted by molar-refractivity contribution is 5.89. The summed E-state index contributed by atoms with van der Waals surface area (Å²) in [6.45, 7) is 1.48. The molecule has 48 heavy (non-hydrogen) atoms. The van der Waals surface area contributed by atoms with Crippen LogP contribution in [0.25, 0.3) is 0 Å². The lowest BCUT2D eigenvalue weighted by molar-refractivity contribution is -0.195. The summed E-state index contributed by atoms with van der Waals surface area (Å²) in [6, 6.07) is 47.3. The number of carbonyl (C=O) groups is 2. The Morgan fingerprint density at radius 3 is 1.50 bits per heavy atom. The van der Waals surface area contributed by atoms with Gasteiger partial charge >= 0.3 is 11.9 Å². The average Bonchev–Trinajstić information content (AvgIpc) is 3.15. The second kappa shape index (κ2) is 16.7. The van der Waals surface area contributed by atoms with Crippen molar-refractivity contribution in [1.29, 1.82) is 0 Å². The minimum absolute atomic E-state index is 0.0462. The van der Waals surface area contributed by atoms with Gasteiger partial charge in [0.15, 0.2) is 0 Å². The maximum absolute atomic E-state index is 13.5. The van der Waals surface area contributed by atoms with E-state index in [-0.39, 0.29) is 13.2 Å². The summed E-state index contributed by atoms with van der Waals surface area (Å²) in [6.07, 6.45) is -2.00. The van der Waals surface area contributed by atoms with Crippen LogP contribution in [0.3, 0.4) is 0 Å². The van der Waals surface area contributed by atoms with Crippen molar-refractivity contribution in [1.82, 2.24) is 4.90 Å². The molecule has 0 aromatic heterocycles. The number of rotatable bonds is 13. The first-order valence-corrected chi connectivity index (χ1v) is 16.2. The molecule has 1 fully saturated rings. The van der Waals surface area contributed by atoms with Crippen molar-refractivity contribution < 1.29 is 28.5 Å². The molecule has 7 nitrogen and oxygen atoms in total. The molecular formula is C41H39NO6.